The molecular formula is C12H23N3. The van der Waals surface area contributed by atoms with E-state index in [4.69, 9.17) is 0 Å². The lowest BCUT2D eigenvalue weighted by molar-refractivity contribution is 0.162. The van der Waals surface area contributed by atoms with Crippen LogP contribution in [0.25, 0.3) is 0 Å². The lowest BCUT2D eigenvalue weighted by atomic mass is 10.3. The van der Waals surface area contributed by atoms with Crippen LogP contribution in [0.15, 0.2) is 25.3 Å². The van der Waals surface area contributed by atoms with Crippen molar-refractivity contribution in [2.75, 3.05) is 39.8 Å². The van der Waals surface area contributed by atoms with Gasteiger partial charge in [-0.3, -0.25) is 9.80 Å². The van der Waals surface area contributed by atoms with Crippen molar-refractivity contribution in [2.24, 2.45) is 0 Å². The van der Waals surface area contributed by atoms with E-state index in [1.54, 1.807) is 0 Å². The quantitative estimate of drug-likeness (QED) is 0.497. The Balaban J connectivity index is 2.26. The molecule has 1 rings (SSSR count). The molecule has 0 amide bonds. The Kier molecular flexibility index (Phi) is 5.61. The zero-order chi connectivity index (χ0) is 11.1. The average molecular weight is 209 g/mol. The summed E-state index contributed by atoms with van der Waals surface area (Å²) in [6, 6.07) is 0. The van der Waals surface area contributed by atoms with Gasteiger partial charge in [-0.1, -0.05) is 12.2 Å². The van der Waals surface area contributed by atoms with Crippen molar-refractivity contribution < 1.29 is 0 Å². The largest absolute Gasteiger partial charge is 0.312 e. The fourth-order valence-electron chi connectivity index (χ4n) is 2.03. The van der Waals surface area contributed by atoms with Crippen molar-refractivity contribution in [3.05, 3.63) is 25.3 Å². The van der Waals surface area contributed by atoms with Crippen LogP contribution >= 0.6 is 0 Å². The van der Waals surface area contributed by atoms with Crippen molar-refractivity contribution in [1.82, 2.24) is 15.1 Å². The van der Waals surface area contributed by atoms with Gasteiger partial charge >= 0.3 is 0 Å². The second-order valence-electron chi connectivity index (χ2n) is 4.01. The van der Waals surface area contributed by atoms with E-state index in [0.717, 1.165) is 26.1 Å². The first-order valence-corrected chi connectivity index (χ1v) is 5.66. The van der Waals surface area contributed by atoms with Gasteiger partial charge in [0.2, 0.25) is 0 Å². The Labute approximate surface area is 93.4 Å². The van der Waals surface area contributed by atoms with Crippen LogP contribution in [0.2, 0.25) is 0 Å². The van der Waals surface area contributed by atoms with Crippen LogP contribution in [-0.2, 0) is 0 Å². The first kappa shape index (κ1) is 12.4. The molecule has 1 fully saturated rings. The van der Waals surface area contributed by atoms with E-state index in [0.29, 0.717) is 6.17 Å². The summed E-state index contributed by atoms with van der Waals surface area (Å²) in [5.74, 6) is 0. The van der Waals surface area contributed by atoms with Gasteiger partial charge in [0.05, 0.1) is 6.17 Å². The summed E-state index contributed by atoms with van der Waals surface area (Å²) in [6.45, 7) is 12.9. The molecular weight excluding hydrogens is 186 g/mol. The third-order valence-electron chi connectivity index (χ3n) is 2.91. The molecule has 0 bridgehead atoms. The summed E-state index contributed by atoms with van der Waals surface area (Å²) in [7, 11) is 2.19. The molecule has 0 aliphatic carbocycles. The van der Waals surface area contributed by atoms with E-state index in [-0.39, 0.29) is 0 Å². The van der Waals surface area contributed by atoms with E-state index < -0.39 is 0 Å². The van der Waals surface area contributed by atoms with Crippen LogP contribution in [0.4, 0.5) is 0 Å². The molecule has 1 N–H and O–H groups in total. The fourth-order valence-corrected chi connectivity index (χ4v) is 2.03. The van der Waals surface area contributed by atoms with Crippen LogP contribution in [-0.4, -0.2) is 55.7 Å². The van der Waals surface area contributed by atoms with E-state index in [1.165, 1.54) is 13.1 Å². The predicted octanol–water partition coefficient (Wildman–Crippen LogP) is 0.912. The number of rotatable bonds is 7. The van der Waals surface area contributed by atoms with Gasteiger partial charge in [0.15, 0.2) is 0 Å². The van der Waals surface area contributed by atoms with Crippen LogP contribution in [0, 0.1) is 0 Å². The van der Waals surface area contributed by atoms with Crippen molar-refractivity contribution in [2.45, 2.75) is 12.6 Å². The van der Waals surface area contributed by atoms with E-state index in [2.05, 4.69) is 35.3 Å². The summed E-state index contributed by atoms with van der Waals surface area (Å²) in [5, 5.41) is 3.34. The second-order valence-corrected chi connectivity index (χ2v) is 4.01. The standard InChI is InChI=1S/C12H23N3/c1-4-6-12-14(3)10-11-15(12)9-8-13-7-5-2/h4-5,12-13H,1-2,6-11H2,3H3. The monoisotopic (exact) mass is 209 g/mol. The number of likely N-dealkylation sites (N-methyl/N-ethyl adjacent to an activating group) is 1. The van der Waals surface area contributed by atoms with Gasteiger partial charge in [0.25, 0.3) is 0 Å². The van der Waals surface area contributed by atoms with Crippen molar-refractivity contribution in [3.63, 3.8) is 0 Å². The maximum atomic E-state index is 3.82. The van der Waals surface area contributed by atoms with Crippen molar-refractivity contribution in [3.8, 4) is 0 Å². The predicted molar refractivity (Wildman–Crippen MR) is 65.9 cm³/mol. The molecule has 1 unspecified atom stereocenters. The molecule has 0 aromatic carbocycles. The Hall–Kier alpha value is -0.640. The van der Waals surface area contributed by atoms with Crippen LogP contribution in [0.3, 0.4) is 0 Å². The molecule has 86 valence electrons. The van der Waals surface area contributed by atoms with E-state index in [9.17, 15) is 0 Å². The van der Waals surface area contributed by atoms with Crippen LogP contribution < -0.4 is 5.32 Å². The summed E-state index contributed by atoms with van der Waals surface area (Å²) in [6.07, 6.45) is 5.51. The minimum absolute atomic E-state index is 0.549. The van der Waals surface area contributed by atoms with Crippen molar-refractivity contribution >= 4 is 0 Å². The first-order valence-electron chi connectivity index (χ1n) is 5.66. The maximum Gasteiger partial charge on any atom is 0.0656 e. The van der Waals surface area contributed by atoms with Gasteiger partial charge in [-0.15, -0.1) is 13.2 Å². The Bertz CT molecular complexity index is 203. The molecule has 0 saturated carbocycles. The topological polar surface area (TPSA) is 18.5 Å². The molecule has 1 aliphatic heterocycles. The normalized spacial score (nSPS) is 23.1. The minimum Gasteiger partial charge on any atom is -0.312 e. The van der Waals surface area contributed by atoms with Crippen LogP contribution in [0.1, 0.15) is 6.42 Å². The summed E-state index contributed by atoms with van der Waals surface area (Å²) < 4.78 is 0. The number of hydrogen-bond acceptors (Lipinski definition) is 3. The van der Waals surface area contributed by atoms with Gasteiger partial charge in [-0.25, -0.2) is 0 Å². The number of nitrogens with one attached hydrogen (secondary N) is 1. The SMILES string of the molecule is C=CCNCCN1CCN(C)C1CC=C. The third kappa shape index (κ3) is 3.78. The smallest absolute Gasteiger partial charge is 0.0656 e. The molecule has 0 radical (unpaired) electrons. The van der Waals surface area contributed by atoms with Gasteiger partial charge in [-0.05, 0) is 13.5 Å². The van der Waals surface area contributed by atoms with Gasteiger partial charge in [0.1, 0.15) is 0 Å². The summed E-state index contributed by atoms with van der Waals surface area (Å²) >= 11 is 0. The molecule has 3 nitrogen and oxygen atoms in total. The van der Waals surface area contributed by atoms with E-state index in [1.807, 2.05) is 12.2 Å². The highest BCUT2D eigenvalue weighted by atomic mass is 15.4. The zero-order valence-electron chi connectivity index (χ0n) is 9.78. The fraction of sp³-hybridized carbons (Fsp3) is 0.667. The molecule has 1 atom stereocenters. The average Bonchev–Trinajstić information content (AvgIpc) is 2.57. The molecule has 0 aromatic heterocycles. The molecule has 3 heteroatoms. The second kappa shape index (κ2) is 6.77. The first-order chi connectivity index (χ1) is 7.29. The molecule has 0 spiro atoms. The Morgan fingerprint density at radius 2 is 2.13 bits per heavy atom. The summed E-state index contributed by atoms with van der Waals surface area (Å²) in [5.41, 5.74) is 0. The molecule has 1 saturated heterocycles. The molecule has 15 heavy (non-hydrogen) atoms. The number of hydrogen-bond donors (Lipinski definition) is 1. The maximum absolute atomic E-state index is 3.82. The van der Waals surface area contributed by atoms with Crippen LogP contribution in [0.5, 0.6) is 0 Å². The lowest BCUT2D eigenvalue weighted by Crippen LogP contribution is -2.40. The highest BCUT2D eigenvalue weighted by Crippen LogP contribution is 2.15. The lowest BCUT2D eigenvalue weighted by Gasteiger charge is -2.27. The highest BCUT2D eigenvalue weighted by Gasteiger charge is 2.27. The molecule has 1 heterocycles. The van der Waals surface area contributed by atoms with Crippen molar-refractivity contribution in [1.29, 1.82) is 0 Å². The van der Waals surface area contributed by atoms with Gasteiger partial charge in [0, 0.05) is 32.7 Å². The zero-order valence-corrected chi connectivity index (χ0v) is 9.78. The van der Waals surface area contributed by atoms with Gasteiger partial charge in [-0.2, -0.15) is 0 Å². The molecule has 1 aliphatic rings. The third-order valence-corrected chi connectivity index (χ3v) is 2.91. The number of nitrogens with zero attached hydrogens (tertiary/aromatic N) is 2. The van der Waals surface area contributed by atoms with E-state index >= 15 is 0 Å². The minimum atomic E-state index is 0.549. The van der Waals surface area contributed by atoms with Gasteiger partial charge < -0.3 is 5.32 Å². The Morgan fingerprint density at radius 3 is 2.80 bits per heavy atom. The Morgan fingerprint density at radius 1 is 1.33 bits per heavy atom. The molecule has 0 aromatic rings. The highest BCUT2D eigenvalue weighted by molar-refractivity contribution is 4.85. The summed E-state index contributed by atoms with van der Waals surface area (Å²) in [4.78, 5) is 4.91.